The quantitative estimate of drug-likeness (QED) is 0.693. The van der Waals surface area contributed by atoms with Gasteiger partial charge in [0.2, 0.25) is 0 Å². The van der Waals surface area contributed by atoms with Crippen LogP contribution in [0.5, 0.6) is 0 Å². The lowest BCUT2D eigenvalue weighted by Gasteiger charge is -2.12. The summed E-state index contributed by atoms with van der Waals surface area (Å²) in [6.45, 7) is 5.12. The molecule has 1 aliphatic heterocycles. The van der Waals surface area contributed by atoms with Crippen molar-refractivity contribution in [2.75, 3.05) is 0 Å². The van der Waals surface area contributed by atoms with E-state index in [1.807, 2.05) is 19.3 Å². The van der Waals surface area contributed by atoms with Crippen molar-refractivity contribution >= 4 is 0 Å². The molecule has 0 saturated carbocycles. The zero-order chi connectivity index (χ0) is 9.26. The molecule has 0 aliphatic carbocycles. The van der Waals surface area contributed by atoms with Gasteiger partial charge in [-0.2, -0.15) is 0 Å². The van der Waals surface area contributed by atoms with Gasteiger partial charge in [-0.25, -0.2) is 4.98 Å². The van der Waals surface area contributed by atoms with E-state index in [1.54, 1.807) is 0 Å². The molecule has 3 nitrogen and oxygen atoms in total. The predicted octanol–water partition coefficient (Wildman–Crippen LogP) is 1.76. The highest BCUT2D eigenvalue weighted by molar-refractivity contribution is 4.89. The normalized spacial score (nSPS) is 28.2. The van der Waals surface area contributed by atoms with Crippen LogP contribution in [0.3, 0.4) is 0 Å². The summed E-state index contributed by atoms with van der Waals surface area (Å²) >= 11 is 0. The Balaban J connectivity index is 1.95. The minimum absolute atomic E-state index is 0.392. The Kier molecular flexibility index (Phi) is 2.36. The van der Waals surface area contributed by atoms with Crippen LogP contribution in [0.1, 0.15) is 25.6 Å². The largest absolute Gasteiger partial charge is 0.373 e. The zero-order valence-electron chi connectivity index (χ0n) is 8.23. The molecule has 13 heavy (non-hydrogen) atoms. The van der Waals surface area contributed by atoms with Gasteiger partial charge in [0.05, 0.1) is 18.8 Å². The Labute approximate surface area is 78.7 Å². The summed E-state index contributed by atoms with van der Waals surface area (Å²) < 4.78 is 7.90. The molecule has 2 atom stereocenters. The van der Waals surface area contributed by atoms with Gasteiger partial charge in [0.25, 0.3) is 0 Å². The number of nitrogens with zero attached hydrogens (tertiary/aromatic N) is 2. The molecule has 3 heteroatoms. The lowest BCUT2D eigenvalue weighted by atomic mass is 10.2. The van der Waals surface area contributed by atoms with E-state index >= 15 is 0 Å². The molecular formula is C10H16N2O. The van der Waals surface area contributed by atoms with E-state index < -0.39 is 0 Å². The summed E-state index contributed by atoms with van der Waals surface area (Å²) in [6.07, 6.45) is 7.06. The first kappa shape index (κ1) is 8.75. The van der Waals surface area contributed by atoms with Crippen molar-refractivity contribution in [1.82, 2.24) is 9.55 Å². The number of imidazole rings is 1. The summed E-state index contributed by atoms with van der Waals surface area (Å²) in [6, 6.07) is 0. The molecule has 0 spiro atoms. The Morgan fingerprint density at radius 2 is 2.46 bits per heavy atom. The molecule has 0 aromatic carbocycles. The van der Waals surface area contributed by atoms with E-state index in [2.05, 4.69) is 16.5 Å². The van der Waals surface area contributed by atoms with Crippen LogP contribution in [0.15, 0.2) is 12.4 Å². The second-order valence-electron chi connectivity index (χ2n) is 3.77. The molecule has 2 unspecified atom stereocenters. The second kappa shape index (κ2) is 3.50. The van der Waals surface area contributed by atoms with Gasteiger partial charge in [-0.15, -0.1) is 0 Å². The summed E-state index contributed by atoms with van der Waals surface area (Å²) in [5.41, 5.74) is 0. The molecule has 1 fully saturated rings. The maximum absolute atomic E-state index is 5.74. The van der Waals surface area contributed by atoms with Crippen molar-refractivity contribution < 1.29 is 4.74 Å². The number of aromatic nitrogens is 2. The smallest absolute Gasteiger partial charge is 0.105 e. The monoisotopic (exact) mass is 180 g/mol. The van der Waals surface area contributed by atoms with Crippen LogP contribution in [0, 0.1) is 6.92 Å². The van der Waals surface area contributed by atoms with Crippen molar-refractivity contribution in [3.8, 4) is 0 Å². The SMILES string of the molecule is Cc1nccn1CC1CCC(C)O1. The molecular weight excluding hydrogens is 164 g/mol. The maximum atomic E-state index is 5.74. The summed E-state index contributed by atoms with van der Waals surface area (Å²) in [7, 11) is 0. The third kappa shape index (κ3) is 1.91. The number of aryl methyl sites for hydroxylation is 1. The highest BCUT2D eigenvalue weighted by atomic mass is 16.5. The van der Waals surface area contributed by atoms with Crippen LogP contribution < -0.4 is 0 Å². The van der Waals surface area contributed by atoms with Gasteiger partial charge in [-0.1, -0.05) is 0 Å². The number of rotatable bonds is 2. The van der Waals surface area contributed by atoms with Gasteiger partial charge in [0.15, 0.2) is 0 Å². The highest BCUT2D eigenvalue weighted by Gasteiger charge is 2.22. The van der Waals surface area contributed by atoms with Crippen molar-refractivity contribution in [1.29, 1.82) is 0 Å². The molecule has 72 valence electrons. The van der Waals surface area contributed by atoms with Crippen molar-refractivity contribution in [3.63, 3.8) is 0 Å². The zero-order valence-corrected chi connectivity index (χ0v) is 8.23. The van der Waals surface area contributed by atoms with Crippen LogP contribution in [-0.4, -0.2) is 21.8 Å². The molecule has 0 N–H and O–H groups in total. The minimum Gasteiger partial charge on any atom is -0.373 e. The highest BCUT2D eigenvalue weighted by Crippen LogP contribution is 2.20. The van der Waals surface area contributed by atoms with Gasteiger partial charge >= 0.3 is 0 Å². The van der Waals surface area contributed by atoms with Crippen LogP contribution >= 0.6 is 0 Å². The molecule has 1 aromatic heterocycles. The van der Waals surface area contributed by atoms with Crippen LogP contribution in [0.4, 0.5) is 0 Å². The fourth-order valence-electron chi connectivity index (χ4n) is 1.84. The van der Waals surface area contributed by atoms with Crippen molar-refractivity contribution in [2.45, 2.75) is 45.4 Å². The van der Waals surface area contributed by atoms with Gasteiger partial charge < -0.3 is 9.30 Å². The molecule has 1 aliphatic rings. The van der Waals surface area contributed by atoms with Crippen LogP contribution in [-0.2, 0) is 11.3 Å². The van der Waals surface area contributed by atoms with Crippen molar-refractivity contribution in [2.24, 2.45) is 0 Å². The lowest BCUT2D eigenvalue weighted by Crippen LogP contribution is -2.16. The number of hydrogen-bond donors (Lipinski definition) is 0. The molecule has 2 heterocycles. The number of ether oxygens (including phenoxy) is 1. The molecule has 0 radical (unpaired) electrons. The third-order valence-corrected chi connectivity index (χ3v) is 2.64. The second-order valence-corrected chi connectivity index (χ2v) is 3.77. The molecule has 0 bridgehead atoms. The van der Waals surface area contributed by atoms with E-state index in [0.29, 0.717) is 12.2 Å². The van der Waals surface area contributed by atoms with E-state index in [9.17, 15) is 0 Å². The first-order chi connectivity index (χ1) is 6.25. The average Bonchev–Trinajstić information content (AvgIpc) is 2.64. The minimum atomic E-state index is 0.392. The van der Waals surface area contributed by atoms with Gasteiger partial charge in [-0.05, 0) is 26.7 Å². The summed E-state index contributed by atoms with van der Waals surface area (Å²) in [4.78, 5) is 4.19. The Morgan fingerprint density at radius 1 is 1.62 bits per heavy atom. The Bertz CT molecular complexity index is 282. The molecule has 1 saturated heterocycles. The van der Waals surface area contributed by atoms with E-state index in [4.69, 9.17) is 4.74 Å². The number of hydrogen-bond acceptors (Lipinski definition) is 2. The molecule has 1 aromatic rings. The third-order valence-electron chi connectivity index (χ3n) is 2.64. The van der Waals surface area contributed by atoms with Crippen molar-refractivity contribution in [3.05, 3.63) is 18.2 Å². The van der Waals surface area contributed by atoms with E-state index in [1.165, 1.54) is 12.8 Å². The van der Waals surface area contributed by atoms with E-state index in [0.717, 1.165) is 12.4 Å². The van der Waals surface area contributed by atoms with Gasteiger partial charge in [0, 0.05) is 12.4 Å². The maximum Gasteiger partial charge on any atom is 0.105 e. The topological polar surface area (TPSA) is 27.1 Å². The fraction of sp³-hybridized carbons (Fsp3) is 0.700. The lowest BCUT2D eigenvalue weighted by molar-refractivity contribution is 0.0454. The van der Waals surface area contributed by atoms with Crippen LogP contribution in [0.25, 0.3) is 0 Å². The van der Waals surface area contributed by atoms with Gasteiger partial charge in [-0.3, -0.25) is 0 Å². The van der Waals surface area contributed by atoms with Gasteiger partial charge in [0.1, 0.15) is 5.82 Å². The Hall–Kier alpha value is -0.830. The fourth-order valence-corrected chi connectivity index (χ4v) is 1.84. The first-order valence-electron chi connectivity index (χ1n) is 4.89. The standard InChI is InChI=1S/C10H16N2O/c1-8-3-4-10(13-8)7-12-6-5-11-9(12)2/h5-6,8,10H,3-4,7H2,1-2H3. The van der Waals surface area contributed by atoms with E-state index in [-0.39, 0.29) is 0 Å². The first-order valence-corrected chi connectivity index (χ1v) is 4.89. The summed E-state index contributed by atoms with van der Waals surface area (Å²) in [5, 5.41) is 0. The predicted molar refractivity (Wildman–Crippen MR) is 50.5 cm³/mol. The Morgan fingerprint density at radius 3 is 3.00 bits per heavy atom. The molecule has 0 amide bonds. The average molecular weight is 180 g/mol. The van der Waals surface area contributed by atoms with Crippen LogP contribution in [0.2, 0.25) is 0 Å². The molecule has 2 rings (SSSR count). The summed E-state index contributed by atoms with van der Waals surface area (Å²) in [5.74, 6) is 1.07.